The van der Waals surface area contributed by atoms with E-state index in [1.807, 2.05) is 6.08 Å². The van der Waals surface area contributed by atoms with Gasteiger partial charge in [-0.15, -0.1) is 0 Å². The van der Waals surface area contributed by atoms with E-state index in [0.29, 0.717) is 6.42 Å². The average Bonchev–Trinajstić information content (AvgIpc) is 2.75. The fraction of sp³-hybridized carbons (Fsp3) is 0.691. The number of hydrogen-bond acceptors (Lipinski definition) is 8. The van der Waals surface area contributed by atoms with Crippen LogP contribution in [-0.2, 0) is 14.3 Å². The standard InChI is InChI=1S/C81H137NO8/c1-3-5-7-9-11-13-15-17-19-21-23-25-27-29-31-33-34-35-36-37-38-39-40-41-42-43-45-47-49-51-53-55-57-59-61-63-65-67-69-71-77(85)82-74(73-89-81-80(88)79(87)78(86)76(72-83)90-81)75(84)70-68-66-64-62-60-58-56-54-52-50-48-46-44-32-30-28-26-24-22-20-18-16-14-12-10-8-6-4-2/h5,7,11,13,17,19,23,25,29,31,34-35,37-38,40-41,43,45,49,51,55,57,68,70,74-76,78-81,83-84,86-88H,3-4,6,8-10,12,14-16,18,20-22,24,26-28,30,32-33,36,39,42,44,46-48,50,52-54,56,58-67,69,71-73H2,1-2H3,(H,82,85)/b7-5-,13-11-,19-17-,25-23-,31-29-,35-34-,38-37-,41-40-,45-43-,51-49-,57-55-,70-68+. The first-order valence-corrected chi connectivity index (χ1v) is 37.1. The summed E-state index contributed by atoms with van der Waals surface area (Å²) in [5.74, 6) is -0.198. The molecule has 1 heterocycles. The van der Waals surface area contributed by atoms with Gasteiger partial charge in [-0.1, -0.05) is 339 Å². The van der Waals surface area contributed by atoms with Gasteiger partial charge < -0.3 is 40.3 Å². The number of hydrogen-bond donors (Lipinski definition) is 6. The smallest absolute Gasteiger partial charge is 0.220 e. The van der Waals surface area contributed by atoms with Crippen molar-refractivity contribution in [2.75, 3.05) is 13.2 Å². The summed E-state index contributed by atoms with van der Waals surface area (Å²) in [6.07, 6.45) is 98.1. The quantitative estimate of drug-likeness (QED) is 0.0261. The van der Waals surface area contributed by atoms with Gasteiger partial charge in [-0.2, -0.15) is 0 Å². The highest BCUT2D eigenvalue weighted by molar-refractivity contribution is 5.76. The zero-order valence-electron chi connectivity index (χ0n) is 57.6. The van der Waals surface area contributed by atoms with E-state index < -0.39 is 49.5 Å². The minimum Gasteiger partial charge on any atom is -0.394 e. The maximum atomic E-state index is 13.1. The van der Waals surface area contributed by atoms with Crippen molar-refractivity contribution in [3.8, 4) is 0 Å². The van der Waals surface area contributed by atoms with Crippen molar-refractivity contribution >= 4 is 5.91 Å². The molecule has 6 N–H and O–H groups in total. The Hall–Kier alpha value is -3.93. The molecular weight excluding hydrogens is 1110 g/mol. The second kappa shape index (κ2) is 67.9. The molecule has 0 spiro atoms. The van der Waals surface area contributed by atoms with E-state index in [0.717, 1.165) is 128 Å². The first-order valence-electron chi connectivity index (χ1n) is 37.1. The van der Waals surface area contributed by atoms with Crippen LogP contribution in [0.15, 0.2) is 146 Å². The summed E-state index contributed by atoms with van der Waals surface area (Å²) in [7, 11) is 0. The van der Waals surface area contributed by atoms with Crippen LogP contribution in [0.3, 0.4) is 0 Å². The molecule has 7 atom stereocenters. The summed E-state index contributed by atoms with van der Waals surface area (Å²) in [4.78, 5) is 13.1. The van der Waals surface area contributed by atoms with Crippen LogP contribution in [0.1, 0.15) is 303 Å². The molecule has 9 heteroatoms. The highest BCUT2D eigenvalue weighted by Gasteiger charge is 2.44. The molecule has 1 amide bonds. The van der Waals surface area contributed by atoms with Crippen LogP contribution >= 0.6 is 0 Å². The molecule has 0 aliphatic carbocycles. The van der Waals surface area contributed by atoms with Gasteiger partial charge in [-0.05, 0) is 103 Å². The summed E-state index contributed by atoms with van der Waals surface area (Å²) in [5.41, 5.74) is 0. The summed E-state index contributed by atoms with van der Waals surface area (Å²) in [6.45, 7) is 3.68. The lowest BCUT2D eigenvalue weighted by atomic mass is 9.99. The number of rotatable bonds is 63. The minimum absolute atomic E-state index is 0.198. The van der Waals surface area contributed by atoms with Crippen molar-refractivity contribution in [3.05, 3.63) is 146 Å². The average molecular weight is 1250 g/mol. The molecule has 0 aromatic heterocycles. The van der Waals surface area contributed by atoms with E-state index >= 15 is 0 Å². The molecule has 90 heavy (non-hydrogen) atoms. The summed E-state index contributed by atoms with van der Waals surface area (Å²) < 4.78 is 11.3. The van der Waals surface area contributed by atoms with Crippen molar-refractivity contribution in [3.63, 3.8) is 0 Å². The van der Waals surface area contributed by atoms with Gasteiger partial charge in [0.25, 0.3) is 0 Å². The molecule has 7 unspecified atom stereocenters. The number of aliphatic hydroxyl groups excluding tert-OH is 5. The number of carbonyl (C=O) groups excluding carboxylic acids is 1. The van der Waals surface area contributed by atoms with Gasteiger partial charge in [-0.3, -0.25) is 4.79 Å². The topological polar surface area (TPSA) is 149 Å². The van der Waals surface area contributed by atoms with Gasteiger partial charge in [0.15, 0.2) is 6.29 Å². The van der Waals surface area contributed by atoms with E-state index in [4.69, 9.17) is 9.47 Å². The summed E-state index contributed by atoms with van der Waals surface area (Å²) in [6, 6.07) is -0.828. The number of nitrogens with one attached hydrogen (secondary N) is 1. The van der Waals surface area contributed by atoms with Crippen molar-refractivity contribution in [1.29, 1.82) is 0 Å². The molecular formula is C81H137NO8. The van der Waals surface area contributed by atoms with Crippen molar-refractivity contribution in [1.82, 2.24) is 5.32 Å². The molecule has 9 nitrogen and oxygen atoms in total. The first-order chi connectivity index (χ1) is 44.3. The van der Waals surface area contributed by atoms with E-state index in [1.165, 1.54) is 154 Å². The van der Waals surface area contributed by atoms with Gasteiger partial charge in [0.1, 0.15) is 24.4 Å². The number of aliphatic hydroxyl groups is 5. The minimum atomic E-state index is -1.58. The molecule has 1 aliphatic heterocycles. The van der Waals surface area contributed by atoms with Gasteiger partial charge in [-0.25, -0.2) is 0 Å². The lowest BCUT2D eigenvalue weighted by molar-refractivity contribution is -0.302. The summed E-state index contributed by atoms with van der Waals surface area (Å²) >= 11 is 0. The largest absolute Gasteiger partial charge is 0.394 e. The van der Waals surface area contributed by atoms with E-state index in [1.54, 1.807) is 6.08 Å². The Morgan fingerprint density at radius 1 is 0.389 bits per heavy atom. The monoisotopic (exact) mass is 1250 g/mol. The van der Waals surface area contributed by atoms with Gasteiger partial charge in [0.2, 0.25) is 5.91 Å². The summed E-state index contributed by atoms with van der Waals surface area (Å²) in [5, 5.41) is 54.8. The predicted octanol–water partition coefficient (Wildman–Crippen LogP) is 20.9. The number of unbranched alkanes of at least 4 members (excludes halogenated alkanes) is 31. The Labute approximate surface area is 553 Å². The third-order valence-electron chi connectivity index (χ3n) is 16.7. The molecule has 1 fully saturated rings. The first kappa shape index (κ1) is 84.1. The van der Waals surface area contributed by atoms with Crippen molar-refractivity contribution in [2.24, 2.45) is 0 Å². The van der Waals surface area contributed by atoms with Crippen LogP contribution in [0.5, 0.6) is 0 Å². The number of amides is 1. The molecule has 514 valence electrons. The predicted molar refractivity (Wildman–Crippen MR) is 386 cm³/mol. The van der Waals surface area contributed by atoms with E-state index in [2.05, 4.69) is 153 Å². The molecule has 1 aliphatic rings. The Bertz CT molecular complexity index is 1940. The Kier molecular flexibility index (Phi) is 63.5. The van der Waals surface area contributed by atoms with Gasteiger partial charge in [0.05, 0.1) is 25.4 Å². The van der Waals surface area contributed by atoms with Crippen molar-refractivity contribution in [2.45, 2.75) is 346 Å². The number of carbonyl (C=O) groups is 1. The van der Waals surface area contributed by atoms with Gasteiger partial charge in [0, 0.05) is 6.42 Å². The maximum absolute atomic E-state index is 13.1. The Morgan fingerprint density at radius 2 is 0.689 bits per heavy atom. The van der Waals surface area contributed by atoms with Crippen LogP contribution in [-0.4, -0.2) is 87.5 Å². The van der Waals surface area contributed by atoms with Gasteiger partial charge >= 0.3 is 0 Å². The Morgan fingerprint density at radius 3 is 1.02 bits per heavy atom. The third-order valence-corrected chi connectivity index (χ3v) is 16.7. The third kappa shape index (κ3) is 55.7. The zero-order chi connectivity index (χ0) is 64.9. The van der Waals surface area contributed by atoms with Crippen molar-refractivity contribution < 1.29 is 39.8 Å². The van der Waals surface area contributed by atoms with Crippen LogP contribution in [0.4, 0.5) is 0 Å². The SMILES string of the molecule is CC/C=C\C/C=C\C/C=C\C/C=C\C/C=C\C/C=C\C/C=C\C/C=C\C/C=C\C/C=C\C/C=C\CCCCCCCC(=O)NC(COC1OC(CO)C(O)C(O)C1O)C(O)/C=C/CCCCCCCCCCCCCCCCCCCCCCCCCCCC. The molecule has 0 aromatic carbocycles. The number of allylic oxidation sites excluding steroid dienone is 23. The van der Waals surface area contributed by atoms with E-state index in [9.17, 15) is 30.3 Å². The lowest BCUT2D eigenvalue weighted by Gasteiger charge is -2.40. The van der Waals surface area contributed by atoms with Crippen LogP contribution in [0.2, 0.25) is 0 Å². The van der Waals surface area contributed by atoms with Crippen LogP contribution in [0.25, 0.3) is 0 Å². The van der Waals surface area contributed by atoms with Crippen LogP contribution in [0, 0.1) is 0 Å². The lowest BCUT2D eigenvalue weighted by Crippen LogP contribution is -2.60. The molecule has 0 bridgehead atoms. The maximum Gasteiger partial charge on any atom is 0.220 e. The normalized spacial score (nSPS) is 18.7. The number of ether oxygens (including phenoxy) is 2. The molecule has 1 saturated heterocycles. The van der Waals surface area contributed by atoms with E-state index in [-0.39, 0.29) is 12.5 Å². The highest BCUT2D eigenvalue weighted by atomic mass is 16.7. The molecule has 0 aromatic rings. The molecule has 0 saturated carbocycles. The second-order valence-electron chi connectivity index (χ2n) is 25.0. The Balaban J connectivity index is 2.18. The fourth-order valence-corrected chi connectivity index (χ4v) is 10.9. The highest BCUT2D eigenvalue weighted by Crippen LogP contribution is 2.23. The molecule has 0 radical (unpaired) electrons. The van der Waals surface area contributed by atoms with Crippen LogP contribution < -0.4 is 5.32 Å². The zero-order valence-corrected chi connectivity index (χ0v) is 57.6. The molecule has 1 rings (SSSR count). The second-order valence-corrected chi connectivity index (χ2v) is 25.0. The fourth-order valence-electron chi connectivity index (χ4n) is 10.9.